The summed E-state index contributed by atoms with van der Waals surface area (Å²) >= 11 is 0. The number of hydrogen-bond acceptors (Lipinski definition) is 3. The Bertz CT molecular complexity index is 671. The summed E-state index contributed by atoms with van der Waals surface area (Å²) in [5.41, 5.74) is 0.771. The number of rotatable bonds is 5. The van der Waals surface area contributed by atoms with E-state index in [1.807, 2.05) is 0 Å². The Morgan fingerprint density at radius 1 is 1.48 bits per heavy atom. The number of benzene rings is 1. The topological polar surface area (TPSA) is 44.4 Å². The molecular weight excluding hydrogens is 324 g/mol. The zero-order chi connectivity index (χ0) is 18.4. The molecule has 1 saturated carbocycles. The number of carbonyl (C=O) groups is 1. The minimum Gasteiger partial charge on any atom is -0.346 e. The third-order valence-corrected chi connectivity index (χ3v) is 5.77. The van der Waals surface area contributed by atoms with Crippen molar-refractivity contribution in [3.63, 3.8) is 0 Å². The first-order valence-corrected chi connectivity index (χ1v) is 8.91. The van der Waals surface area contributed by atoms with E-state index in [9.17, 15) is 13.6 Å². The van der Waals surface area contributed by atoms with E-state index in [1.165, 1.54) is 19.1 Å². The Labute approximate surface area is 148 Å². The molecule has 0 saturated heterocycles. The van der Waals surface area contributed by atoms with E-state index in [2.05, 4.69) is 22.5 Å². The van der Waals surface area contributed by atoms with Gasteiger partial charge >= 0.3 is 0 Å². The number of carbonyl (C=O) groups excluding carboxylic acids is 1. The lowest BCUT2D eigenvalue weighted by molar-refractivity contribution is -0.124. The summed E-state index contributed by atoms with van der Waals surface area (Å²) in [6.07, 6.45) is 1.74. The molecule has 1 amide bonds. The van der Waals surface area contributed by atoms with Crippen LogP contribution in [-0.2, 0) is 4.79 Å². The highest BCUT2D eigenvalue weighted by molar-refractivity contribution is 5.82. The molecule has 2 atom stereocenters. The standard InChI is InChI=1S/C19H27F2N3O/c1-12(20)18(2,3)11-16(25)23-17-22-14-10-13(21)6-7-15(14)24(17)19(4)8-5-9-19/h6-7,10,12,17,22H,5,8-9,11H2,1-4H3,(H,23,25). The first kappa shape index (κ1) is 18.0. The van der Waals surface area contributed by atoms with Gasteiger partial charge in [-0.15, -0.1) is 0 Å². The van der Waals surface area contributed by atoms with Gasteiger partial charge in [-0.1, -0.05) is 13.8 Å². The molecule has 0 spiro atoms. The van der Waals surface area contributed by atoms with Crippen molar-refractivity contribution in [3.8, 4) is 0 Å². The van der Waals surface area contributed by atoms with Crippen molar-refractivity contribution in [2.45, 2.75) is 71.4 Å². The minimum absolute atomic E-state index is 0.0725. The van der Waals surface area contributed by atoms with Crippen LogP contribution < -0.4 is 15.5 Å². The fourth-order valence-electron chi connectivity index (χ4n) is 3.58. The number of fused-ring (bicyclic) bond motifs is 1. The van der Waals surface area contributed by atoms with Gasteiger partial charge in [-0.25, -0.2) is 8.78 Å². The molecule has 138 valence electrons. The van der Waals surface area contributed by atoms with Crippen LogP contribution in [0.5, 0.6) is 0 Å². The third kappa shape index (κ3) is 3.31. The summed E-state index contributed by atoms with van der Waals surface area (Å²) in [5.74, 6) is -0.530. The molecule has 4 nitrogen and oxygen atoms in total. The van der Waals surface area contributed by atoms with Gasteiger partial charge in [-0.2, -0.15) is 0 Å². The van der Waals surface area contributed by atoms with Crippen molar-refractivity contribution in [1.82, 2.24) is 5.32 Å². The number of nitrogens with zero attached hydrogens (tertiary/aromatic N) is 1. The van der Waals surface area contributed by atoms with Crippen molar-refractivity contribution in [2.24, 2.45) is 5.41 Å². The summed E-state index contributed by atoms with van der Waals surface area (Å²) in [6.45, 7) is 7.12. The van der Waals surface area contributed by atoms with E-state index in [0.29, 0.717) is 5.69 Å². The van der Waals surface area contributed by atoms with Crippen LogP contribution in [0.25, 0.3) is 0 Å². The molecule has 2 unspecified atom stereocenters. The van der Waals surface area contributed by atoms with Crippen LogP contribution in [-0.4, -0.2) is 23.9 Å². The Hall–Kier alpha value is -1.85. The molecule has 0 bridgehead atoms. The lowest BCUT2D eigenvalue weighted by atomic mass is 9.77. The van der Waals surface area contributed by atoms with Gasteiger partial charge in [0.1, 0.15) is 12.0 Å². The molecule has 3 rings (SSSR count). The van der Waals surface area contributed by atoms with Gasteiger partial charge < -0.3 is 15.5 Å². The van der Waals surface area contributed by atoms with Gasteiger partial charge in [-0.05, 0) is 51.3 Å². The molecule has 25 heavy (non-hydrogen) atoms. The number of amides is 1. The highest BCUT2D eigenvalue weighted by Crippen LogP contribution is 2.46. The molecule has 1 fully saturated rings. The Morgan fingerprint density at radius 2 is 2.16 bits per heavy atom. The zero-order valence-corrected chi connectivity index (χ0v) is 15.3. The molecule has 0 aromatic heterocycles. The zero-order valence-electron chi connectivity index (χ0n) is 15.3. The fourth-order valence-corrected chi connectivity index (χ4v) is 3.58. The summed E-state index contributed by atoms with van der Waals surface area (Å²) in [7, 11) is 0. The van der Waals surface area contributed by atoms with Gasteiger partial charge in [-0.3, -0.25) is 4.79 Å². The largest absolute Gasteiger partial charge is 0.346 e. The molecule has 2 aliphatic rings. The number of hydrogen-bond donors (Lipinski definition) is 2. The Balaban J connectivity index is 1.80. The van der Waals surface area contributed by atoms with E-state index in [4.69, 9.17) is 0 Å². The predicted molar refractivity (Wildman–Crippen MR) is 95.7 cm³/mol. The van der Waals surface area contributed by atoms with E-state index >= 15 is 0 Å². The Kier molecular flexibility index (Phi) is 4.41. The number of halogens is 2. The van der Waals surface area contributed by atoms with Gasteiger partial charge in [0.2, 0.25) is 5.91 Å². The van der Waals surface area contributed by atoms with Crippen LogP contribution in [0, 0.1) is 11.2 Å². The van der Waals surface area contributed by atoms with E-state index in [-0.39, 0.29) is 23.7 Å². The van der Waals surface area contributed by atoms with Gasteiger partial charge in [0.05, 0.1) is 11.4 Å². The van der Waals surface area contributed by atoms with Crippen LogP contribution >= 0.6 is 0 Å². The normalized spacial score (nSPS) is 22.6. The van der Waals surface area contributed by atoms with E-state index in [0.717, 1.165) is 24.9 Å². The second-order valence-corrected chi connectivity index (χ2v) is 8.28. The summed E-state index contributed by atoms with van der Waals surface area (Å²) in [4.78, 5) is 14.6. The first-order valence-electron chi connectivity index (χ1n) is 8.91. The molecule has 2 N–H and O–H groups in total. The van der Waals surface area contributed by atoms with Crippen LogP contribution in [0.1, 0.15) is 53.4 Å². The second kappa shape index (κ2) is 6.15. The molecule has 1 aromatic rings. The van der Waals surface area contributed by atoms with Gasteiger partial charge in [0.15, 0.2) is 6.29 Å². The maximum Gasteiger partial charge on any atom is 0.223 e. The van der Waals surface area contributed by atoms with E-state index in [1.54, 1.807) is 19.9 Å². The second-order valence-electron chi connectivity index (χ2n) is 8.28. The fraction of sp³-hybridized carbons (Fsp3) is 0.632. The highest BCUT2D eigenvalue weighted by atomic mass is 19.1. The molecular formula is C19H27F2N3O. The van der Waals surface area contributed by atoms with Crippen molar-refractivity contribution in [2.75, 3.05) is 10.2 Å². The molecule has 6 heteroatoms. The maximum atomic E-state index is 13.7. The van der Waals surface area contributed by atoms with Crippen molar-refractivity contribution in [1.29, 1.82) is 0 Å². The SMILES string of the molecule is CC(F)C(C)(C)CC(=O)NC1Nc2cc(F)ccc2N1C1(C)CCC1. The molecule has 0 radical (unpaired) electrons. The molecule has 1 aliphatic heterocycles. The summed E-state index contributed by atoms with van der Waals surface area (Å²) in [5, 5.41) is 6.17. The quantitative estimate of drug-likeness (QED) is 0.837. The predicted octanol–water partition coefficient (Wildman–Crippen LogP) is 4.17. The Morgan fingerprint density at radius 3 is 2.72 bits per heavy atom. The lowest BCUT2D eigenvalue weighted by Crippen LogP contribution is -2.61. The third-order valence-electron chi connectivity index (χ3n) is 5.77. The maximum absolute atomic E-state index is 13.7. The van der Waals surface area contributed by atoms with Crippen molar-refractivity contribution in [3.05, 3.63) is 24.0 Å². The number of nitrogens with one attached hydrogen (secondary N) is 2. The monoisotopic (exact) mass is 351 g/mol. The number of alkyl halides is 1. The van der Waals surface area contributed by atoms with Gasteiger partial charge in [0, 0.05) is 17.4 Å². The summed E-state index contributed by atoms with van der Waals surface area (Å²) in [6, 6.07) is 4.64. The van der Waals surface area contributed by atoms with Crippen LogP contribution in [0.4, 0.5) is 20.2 Å². The molecule has 1 heterocycles. The van der Waals surface area contributed by atoms with Gasteiger partial charge in [0.25, 0.3) is 0 Å². The van der Waals surface area contributed by atoms with Crippen molar-refractivity contribution < 1.29 is 13.6 Å². The average Bonchev–Trinajstić information content (AvgIpc) is 2.80. The smallest absolute Gasteiger partial charge is 0.223 e. The lowest BCUT2D eigenvalue weighted by Gasteiger charge is -2.49. The van der Waals surface area contributed by atoms with E-state index < -0.39 is 17.9 Å². The first-order chi connectivity index (χ1) is 11.6. The highest BCUT2D eigenvalue weighted by Gasteiger charge is 2.46. The average molecular weight is 351 g/mol. The molecule has 1 aromatic carbocycles. The van der Waals surface area contributed by atoms with Crippen molar-refractivity contribution >= 4 is 17.3 Å². The van der Waals surface area contributed by atoms with Crippen LogP contribution in [0.2, 0.25) is 0 Å². The summed E-state index contributed by atoms with van der Waals surface area (Å²) < 4.78 is 27.3. The van der Waals surface area contributed by atoms with Crippen LogP contribution in [0.15, 0.2) is 18.2 Å². The van der Waals surface area contributed by atoms with Crippen LogP contribution in [0.3, 0.4) is 0 Å². The minimum atomic E-state index is -1.08. The molecule has 1 aliphatic carbocycles. The number of anilines is 2.